The van der Waals surface area contributed by atoms with Crippen LogP contribution >= 0.6 is 0 Å². The third-order valence-corrected chi connectivity index (χ3v) is 6.13. The summed E-state index contributed by atoms with van der Waals surface area (Å²) in [6.45, 7) is 1.68. The third-order valence-electron chi connectivity index (χ3n) is 6.13. The number of nitrogens with one attached hydrogen (secondary N) is 2. The molecular formula is C22H34N2O10. The summed E-state index contributed by atoms with van der Waals surface area (Å²) in [6.07, 6.45) is 0.356. The molecular weight excluding hydrogens is 452 g/mol. The van der Waals surface area contributed by atoms with Gasteiger partial charge >= 0.3 is 24.1 Å². The average Bonchev–Trinajstić information content (AvgIpc) is 2.87. The molecule has 0 aromatic rings. The van der Waals surface area contributed by atoms with E-state index in [1.54, 1.807) is 0 Å². The topological polar surface area (TPSA) is 148 Å². The number of rotatable bonds is 8. The van der Waals surface area contributed by atoms with Gasteiger partial charge in [-0.05, 0) is 43.9 Å². The number of carbonyl (C=O) groups is 4. The van der Waals surface area contributed by atoms with E-state index in [-0.39, 0.29) is 23.6 Å². The summed E-state index contributed by atoms with van der Waals surface area (Å²) in [7, 11) is 4.64. The summed E-state index contributed by atoms with van der Waals surface area (Å²) in [5.74, 6) is -2.20. The largest absolute Gasteiger partial charge is 0.467 e. The van der Waals surface area contributed by atoms with Gasteiger partial charge in [0.25, 0.3) is 0 Å². The van der Waals surface area contributed by atoms with Crippen molar-refractivity contribution in [1.82, 2.24) is 10.6 Å². The zero-order chi connectivity index (χ0) is 25.1. The maximum atomic E-state index is 13.5. The van der Waals surface area contributed by atoms with Gasteiger partial charge in [-0.3, -0.25) is 5.32 Å². The monoisotopic (exact) mass is 486 g/mol. The third kappa shape index (κ3) is 6.60. The molecule has 2 aliphatic rings. The number of methoxy groups -OCH3 is 4. The van der Waals surface area contributed by atoms with E-state index >= 15 is 0 Å². The van der Waals surface area contributed by atoms with Crippen LogP contribution in [-0.4, -0.2) is 84.5 Å². The quantitative estimate of drug-likeness (QED) is 0.292. The number of carbonyl (C=O) groups excluding carboxylic acids is 4. The summed E-state index contributed by atoms with van der Waals surface area (Å²) >= 11 is 0. The highest BCUT2D eigenvalue weighted by Crippen LogP contribution is 2.40. The minimum absolute atomic E-state index is 0.0585. The molecule has 1 unspecified atom stereocenters. The predicted octanol–water partition coefficient (Wildman–Crippen LogP) is 1.28. The van der Waals surface area contributed by atoms with Crippen molar-refractivity contribution in [3.8, 4) is 0 Å². The minimum atomic E-state index is -1.84. The molecule has 2 aliphatic heterocycles. The Bertz CT molecular complexity index is 772. The van der Waals surface area contributed by atoms with Crippen LogP contribution in [0.1, 0.15) is 32.1 Å². The summed E-state index contributed by atoms with van der Waals surface area (Å²) in [4.78, 5) is 51.3. The van der Waals surface area contributed by atoms with Crippen LogP contribution in [0.5, 0.6) is 0 Å². The number of hydrogen-bond donors (Lipinski definition) is 2. The maximum absolute atomic E-state index is 13.5. The molecule has 0 saturated carbocycles. The first-order chi connectivity index (χ1) is 16.3. The van der Waals surface area contributed by atoms with Crippen molar-refractivity contribution < 1.29 is 47.6 Å². The lowest BCUT2D eigenvalue weighted by molar-refractivity contribution is -0.148. The van der Waals surface area contributed by atoms with E-state index < -0.39 is 35.6 Å². The first kappa shape index (κ1) is 27.4. The van der Waals surface area contributed by atoms with Gasteiger partial charge in [0.1, 0.15) is 5.70 Å². The van der Waals surface area contributed by atoms with Gasteiger partial charge in [-0.15, -0.1) is 0 Å². The highest BCUT2D eigenvalue weighted by Gasteiger charge is 2.52. The Kier molecular flexibility index (Phi) is 10.6. The van der Waals surface area contributed by atoms with Crippen LogP contribution < -0.4 is 10.6 Å². The molecule has 2 amide bonds. The van der Waals surface area contributed by atoms with Gasteiger partial charge in [-0.25, -0.2) is 19.2 Å². The van der Waals surface area contributed by atoms with E-state index in [1.165, 1.54) is 7.11 Å². The summed E-state index contributed by atoms with van der Waals surface area (Å²) < 4.78 is 30.6. The molecule has 1 atom stereocenters. The number of alkyl carbamates (subject to hydrolysis) is 2. The second-order valence-corrected chi connectivity index (χ2v) is 8.06. The van der Waals surface area contributed by atoms with E-state index in [0.29, 0.717) is 52.1 Å². The van der Waals surface area contributed by atoms with E-state index in [1.807, 2.05) is 0 Å². The lowest BCUT2D eigenvalue weighted by Crippen LogP contribution is -2.60. The number of esters is 2. The Labute approximate surface area is 198 Å². The van der Waals surface area contributed by atoms with Gasteiger partial charge in [0.2, 0.25) is 0 Å². The Balaban J connectivity index is 2.82. The lowest BCUT2D eigenvalue weighted by Gasteiger charge is -2.42. The SMILES string of the molecule is COC(=O)N/C(C(=O)OC)=C(/C1CCOCC1)C(CC1CCOCC1)(NC(=O)OC)C(=O)OC. The second kappa shape index (κ2) is 13.1. The highest BCUT2D eigenvalue weighted by atomic mass is 16.6. The van der Waals surface area contributed by atoms with Crippen LogP contribution in [0.15, 0.2) is 11.3 Å². The number of hydrogen-bond acceptors (Lipinski definition) is 10. The fourth-order valence-electron chi connectivity index (χ4n) is 4.49. The maximum Gasteiger partial charge on any atom is 0.411 e. The van der Waals surface area contributed by atoms with Gasteiger partial charge in [0.05, 0.1) is 28.4 Å². The number of amides is 2. The van der Waals surface area contributed by atoms with E-state index in [4.69, 9.17) is 28.4 Å². The fourth-order valence-corrected chi connectivity index (χ4v) is 4.49. The van der Waals surface area contributed by atoms with Crippen molar-refractivity contribution in [3.05, 3.63) is 11.3 Å². The molecule has 2 saturated heterocycles. The first-order valence-electron chi connectivity index (χ1n) is 11.1. The summed E-state index contributed by atoms with van der Waals surface area (Å²) in [5, 5.41) is 5.06. The van der Waals surface area contributed by atoms with Crippen LogP contribution in [0, 0.1) is 11.8 Å². The Morgan fingerprint density at radius 2 is 1.35 bits per heavy atom. The Morgan fingerprint density at radius 3 is 1.85 bits per heavy atom. The van der Waals surface area contributed by atoms with Crippen LogP contribution in [0.25, 0.3) is 0 Å². The smallest absolute Gasteiger partial charge is 0.411 e. The molecule has 12 nitrogen and oxygen atoms in total. The molecule has 0 aromatic carbocycles. The highest BCUT2D eigenvalue weighted by molar-refractivity contribution is 5.97. The van der Waals surface area contributed by atoms with Crippen molar-refractivity contribution >= 4 is 24.1 Å². The molecule has 0 spiro atoms. The van der Waals surface area contributed by atoms with Gasteiger partial charge in [-0.1, -0.05) is 0 Å². The molecule has 2 rings (SSSR count). The van der Waals surface area contributed by atoms with Crippen molar-refractivity contribution in [2.24, 2.45) is 11.8 Å². The lowest BCUT2D eigenvalue weighted by atomic mass is 9.71. The molecule has 12 heteroatoms. The minimum Gasteiger partial charge on any atom is -0.467 e. The van der Waals surface area contributed by atoms with Crippen molar-refractivity contribution in [1.29, 1.82) is 0 Å². The predicted molar refractivity (Wildman–Crippen MR) is 117 cm³/mol. The summed E-state index contributed by atoms with van der Waals surface area (Å²) in [5.41, 5.74) is -1.97. The zero-order valence-electron chi connectivity index (χ0n) is 20.1. The van der Waals surface area contributed by atoms with Crippen molar-refractivity contribution in [2.45, 2.75) is 37.6 Å². The van der Waals surface area contributed by atoms with E-state index in [0.717, 1.165) is 21.3 Å². The molecule has 2 heterocycles. The molecule has 0 aliphatic carbocycles. The van der Waals surface area contributed by atoms with Gasteiger partial charge in [0.15, 0.2) is 5.54 Å². The van der Waals surface area contributed by atoms with Gasteiger partial charge in [0, 0.05) is 32.0 Å². The van der Waals surface area contributed by atoms with Crippen LogP contribution in [0.4, 0.5) is 9.59 Å². The fraction of sp³-hybridized carbons (Fsp3) is 0.727. The Hall–Kier alpha value is -2.86. The molecule has 0 aromatic heterocycles. The molecule has 34 heavy (non-hydrogen) atoms. The first-order valence-corrected chi connectivity index (χ1v) is 11.1. The van der Waals surface area contributed by atoms with Gasteiger partial charge < -0.3 is 33.7 Å². The standard InChI is InChI=1S/C22H34N2O10/c1-29-18(25)17(23-20(27)31-3)16(15-7-11-34-12-8-15)22(19(26)30-2,24-21(28)32-4)13-14-5-9-33-10-6-14/h14-15H,5-13H2,1-4H3,(H,23,27)(H,24,28)/b17-16-. The summed E-state index contributed by atoms with van der Waals surface area (Å²) in [6, 6.07) is 0. The number of ether oxygens (including phenoxy) is 6. The molecule has 2 N–H and O–H groups in total. The zero-order valence-corrected chi connectivity index (χ0v) is 20.1. The molecule has 0 bridgehead atoms. The molecule has 192 valence electrons. The molecule has 2 fully saturated rings. The van der Waals surface area contributed by atoms with Crippen molar-refractivity contribution in [3.63, 3.8) is 0 Å². The van der Waals surface area contributed by atoms with Crippen LogP contribution in [-0.2, 0) is 38.0 Å². The average molecular weight is 487 g/mol. The Morgan fingerprint density at radius 1 is 0.794 bits per heavy atom. The van der Waals surface area contributed by atoms with Crippen LogP contribution in [0.3, 0.4) is 0 Å². The molecule has 0 radical (unpaired) electrons. The second-order valence-electron chi connectivity index (χ2n) is 8.06. The van der Waals surface area contributed by atoms with Gasteiger partial charge in [-0.2, -0.15) is 0 Å². The van der Waals surface area contributed by atoms with Crippen molar-refractivity contribution in [2.75, 3.05) is 54.9 Å². The van der Waals surface area contributed by atoms with E-state index in [2.05, 4.69) is 10.6 Å². The van der Waals surface area contributed by atoms with Crippen LogP contribution in [0.2, 0.25) is 0 Å². The normalized spacial score (nSPS) is 19.6. The van der Waals surface area contributed by atoms with E-state index in [9.17, 15) is 19.2 Å².